The molecule has 0 radical (unpaired) electrons. The van der Waals surface area contributed by atoms with Gasteiger partial charge in [-0.1, -0.05) is 0 Å². The molecule has 2 N–H and O–H groups in total. The number of piperidine rings is 1. The zero-order chi connectivity index (χ0) is 16.9. The molecule has 3 heterocycles. The lowest BCUT2D eigenvalue weighted by Gasteiger charge is -2.27. The average Bonchev–Trinajstić information content (AvgIpc) is 2.63. The second-order valence-corrected chi connectivity index (χ2v) is 5.67. The number of rotatable bonds is 4. The molecule has 2 aromatic rings. The molecule has 7 heteroatoms. The fraction of sp³-hybridized carbons (Fsp3) is 0.294. The van der Waals surface area contributed by atoms with Gasteiger partial charge in [0.25, 0.3) is 5.91 Å². The Morgan fingerprint density at radius 3 is 2.58 bits per heavy atom. The predicted octanol–water partition coefficient (Wildman–Crippen LogP) is 2.42. The van der Waals surface area contributed by atoms with Crippen molar-refractivity contribution in [1.82, 2.24) is 9.97 Å². The Labute approximate surface area is 139 Å². The Balaban J connectivity index is 1.74. The number of amides is 1. The molecule has 124 valence electrons. The van der Waals surface area contributed by atoms with Crippen LogP contribution in [0.25, 0.3) is 0 Å². The topological polar surface area (TPSA) is 95.4 Å². The second-order valence-electron chi connectivity index (χ2n) is 5.67. The first-order valence-electron chi connectivity index (χ1n) is 7.84. The van der Waals surface area contributed by atoms with Crippen LogP contribution in [0.4, 0.5) is 11.5 Å². The van der Waals surface area contributed by atoms with Crippen molar-refractivity contribution in [2.75, 3.05) is 23.3 Å². The van der Waals surface area contributed by atoms with Crippen LogP contribution in [0.2, 0.25) is 0 Å². The zero-order valence-corrected chi connectivity index (χ0v) is 13.1. The van der Waals surface area contributed by atoms with Crippen molar-refractivity contribution in [1.29, 1.82) is 0 Å². The first kappa shape index (κ1) is 15.9. The van der Waals surface area contributed by atoms with Gasteiger partial charge in [0.05, 0.1) is 11.1 Å². The third-order valence-corrected chi connectivity index (χ3v) is 3.93. The van der Waals surface area contributed by atoms with E-state index in [0.29, 0.717) is 5.69 Å². The minimum absolute atomic E-state index is 0.0219. The number of carboxylic acid groups (broad SMARTS) is 1. The summed E-state index contributed by atoms with van der Waals surface area (Å²) in [7, 11) is 0. The quantitative estimate of drug-likeness (QED) is 0.896. The number of aromatic carboxylic acids is 1. The van der Waals surface area contributed by atoms with E-state index in [-0.39, 0.29) is 11.1 Å². The number of carbonyl (C=O) groups excluding carboxylic acids is 1. The van der Waals surface area contributed by atoms with E-state index in [9.17, 15) is 9.59 Å². The van der Waals surface area contributed by atoms with Crippen molar-refractivity contribution in [3.05, 3.63) is 47.9 Å². The Kier molecular flexibility index (Phi) is 4.69. The Bertz CT molecular complexity index is 757. The van der Waals surface area contributed by atoms with Crippen LogP contribution in [0, 0.1) is 0 Å². The highest BCUT2D eigenvalue weighted by Crippen LogP contribution is 2.21. The van der Waals surface area contributed by atoms with Crippen molar-refractivity contribution in [2.24, 2.45) is 0 Å². The summed E-state index contributed by atoms with van der Waals surface area (Å²) < 4.78 is 0. The van der Waals surface area contributed by atoms with Crippen LogP contribution in [-0.4, -0.2) is 40.0 Å². The van der Waals surface area contributed by atoms with E-state index in [1.165, 1.54) is 24.9 Å². The molecule has 0 aliphatic carbocycles. The van der Waals surface area contributed by atoms with E-state index < -0.39 is 11.9 Å². The number of nitrogens with one attached hydrogen (secondary N) is 1. The molecule has 7 nitrogen and oxygen atoms in total. The van der Waals surface area contributed by atoms with Gasteiger partial charge >= 0.3 is 5.97 Å². The lowest BCUT2D eigenvalue weighted by molar-refractivity contribution is 0.0696. The maximum atomic E-state index is 12.3. The van der Waals surface area contributed by atoms with Gasteiger partial charge in [-0.15, -0.1) is 0 Å². The molecular formula is C17H18N4O3. The van der Waals surface area contributed by atoms with Gasteiger partial charge in [-0.25, -0.2) is 9.78 Å². The van der Waals surface area contributed by atoms with E-state index >= 15 is 0 Å². The maximum Gasteiger partial charge on any atom is 0.337 e. The first-order valence-corrected chi connectivity index (χ1v) is 7.84. The number of pyridine rings is 2. The van der Waals surface area contributed by atoms with Crippen LogP contribution in [0.1, 0.15) is 40.0 Å². The molecule has 24 heavy (non-hydrogen) atoms. The highest BCUT2D eigenvalue weighted by atomic mass is 16.4. The molecule has 1 aliphatic heterocycles. The predicted molar refractivity (Wildman–Crippen MR) is 89.5 cm³/mol. The van der Waals surface area contributed by atoms with Gasteiger partial charge in [-0.3, -0.25) is 9.78 Å². The standard InChI is InChI=1S/C17H18N4O3/c22-16(12-8-13(17(23)24)11-18-10-12)20-14-4-5-19-15(9-14)21-6-2-1-3-7-21/h4-5,8-11H,1-3,6-7H2,(H,23,24)(H,19,20,22). The summed E-state index contributed by atoms with van der Waals surface area (Å²) in [6.45, 7) is 1.93. The van der Waals surface area contributed by atoms with E-state index in [4.69, 9.17) is 5.11 Å². The molecule has 0 spiro atoms. The Morgan fingerprint density at radius 1 is 1.08 bits per heavy atom. The van der Waals surface area contributed by atoms with Gasteiger partial charge in [0.2, 0.25) is 0 Å². The van der Waals surface area contributed by atoms with Crippen LogP contribution < -0.4 is 10.2 Å². The molecule has 1 fully saturated rings. The molecule has 0 bridgehead atoms. The minimum Gasteiger partial charge on any atom is -0.478 e. The van der Waals surface area contributed by atoms with Gasteiger partial charge in [0, 0.05) is 43.4 Å². The zero-order valence-electron chi connectivity index (χ0n) is 13.1. The van der Waals surface area contributed by atoms with Crippen molar-refractivity contribution in [3.63, 3.8) is 0 Å². The number of nitrogens with zero attached hydrogens (tertiary/aromatic N) is 3. The van der Waals surface area contributed by atoms with Crippen molar-refractivity contribution in [3.8, 4) is 0 Å². The number of anilines is 2. The summed E-state index contributed by atoms with van der Waals surface area (Å²) in [5, 5.41) is 11.7. The van der Waals surface area contributed by atoms with Crippen LogP contribution in [-0.2, 0) is 0 Å². The Morgan fingerprint density at radius 2 is 1.83 bits per heavy atom. The van der Waals surface area contributed by atoms with Crippen LogP contribution in [0.5, 0.6) is 0 Å². The maximum absolute atomic E-state index is 12.3. The van der Waals surface area contributed by atoms with Gasteiger partial charge in [-0.2, -0.15) is 0 Å². The molecule has 1 aliphatic rings. The number of carbonyl (C=O) groups is 2. The highest BCUT2D eigenvalue weighted by molar-refractivity contribution is 6.05. The van der Waals surface area contributed by atoms with Crippen molar-refractivity contribution >= 4 is 23.4 Å². The number of hydrogen-bond acceptors (Lipinski definition) is 5. The summed E-state index contributed by atoms with van der Waals surface area (Å²) in [5.41, 5.74) is 0.800. The van der Waals surface area contributed by atoms with Crippen LogP contribution >= 0.6 is 0 Å². The van der Waals surface area contributed by atoms with Crippen molar-refractivity contribution < 1.29 is 14.7 Å². The minimum atomic E-state index is -1.12. The Hall–Kier alpha value is -2.96. The SMILES string of the molecule is O=C(O)c1cncc(C(=O)Nc2ccnc(N3CCCCC3)c2)c1. The molecule has 1 amide bonds. The molecule has 0 saturated carbocycles. The van der Waals surface area contributed by atoms with Gasteiger partial charge in [0.15, 0.2) is 0 Å². The molecular weight excluding hydrogens is 308 g/mol. The lowest BCUT2D eigenvalue weighted by Crippen LogP contribution is -2.30. The summed E-state index contributed by atoms with van der Waals surface area (Å²) >= 11 is 0. The molecule has 2 aromatic heterocycles. The van der Waals surface area contributed by atoms with Crippen LogP contribution in [0.15, 0.2) is 36.8 Å². The summed E-state index contributed by atoms with van der Waals surface area (Å²) in [5.74, 6) is -0.681. The monoisotopic (exact) mass is 326 g/mol. The van der Waals surface area contributed by atoms with E-state index in [1.807, 2.05) is 6.07 Å². The highest BCUT2D eigenvalue weighted by Gasteiger charge is 2.14. The third kappa shape index (κ3) is 3.68. The molecule has 0 unspecified atom stereocenters. The van der Waals surface area contributed by atoms with Gasteiger partial charge < -0.3 is 15.3 Å². The smallest absolute Gasteiger partial charge is 0.337 e. The first-order chi connectivity index (χ1) is 11.6. The van der Waals surface area contributed by atoms with Crippen LogP contribution in [0.3, 0.4) is 0 Å². The third-order valence-electron chi connectivity index (χ3n) is 3.93. The fourth-order valence-electron chi connectivity index (χ4n) is 2.68. The van der Waals surface area contributed by atoms with Gasteiger partial charge in [-0.05, 0) is 31.4 Å². The summed E-state index contributed by atoms with van der Waals surface area (Å²) in [6, 6.07) is 4.84. The second kappa shape index (κ2) is 7.08. The van der Waals surface area contributed by atoms with E-state index in [2.05, 4.69) is 20.2 Å². The lowest BCUT2D eigenvalue weighted by atomic mass is 10.1. The number of aromatic nitrogens is 2. The van der Waals surface area contributed by atoms with E-state index in [0.717, 1.165) is 31.7 Å². The number of hydrogen-bond donors (Lipinski definition) is 2. The van der Waals surface area contributed by atoms with Crippen molar-refractivity contribution in [2.45, 2.75) is 19.3 Å². The summed E-state index contributed by atoms with van der Waals surface area (Å²) in [6.07, 6.45) is 7.73. The largest absolute Gasteiger partial charge is 0.478 e. The molecule has 3 rings (SSSR count). The van der Waals surface area contributed by atoms with Gasteiger partial charge in [0.1, 0.15) is 5.82 Å². The molecule has 0 atom stereocenters. The normalized spacial score (nSPS) is 14.2. The fourth-order valence-corrected chi connectivity index (χ4v) is 2.68. The summed E-state index contributed by atoms with van der Waals surface area (Å²) in [4.78, 5) is 33.6. The number of carboxylic acids is 1. The average molecular weight is 326 g/mol. The molecule has 1 saturated heterocycles. The van der Waals surface area contributed by atoms with E-state index in [1.54, 1.807) is 12.3 Å². The molecule has 0 aromatic carbocycles.